The Morgan fingerprint density at radius 2 is 2.13 bits per heavy atom. The lowest BCUT2D eigenvalue weighted by Crippen LogP contribution is -2.38. The van der Waals surface area contributed by atoms with E-state index in [1.807, 2.05) is 6.92 Å². The fourth-order valence-electron chi connectivity index (χ4n) is 2.58. The number of fused-ring (bicyclic) bond motifs is 1. The lowest BCUT2D eigenvalue weighted by atomic mass is 10.2. The Morgan fingerprint density at radius 1 is 1.26 bits per heavy atom. The number of guanidine groups is 1. The normalized spacial score (nSPS) is 14.6. The summed E-state index contributed by atoms with van der Waals surface area (Å²) in [5, 5.41) is 15.2. The maximum Gasteiger partial charge on any atom is 0.191 e. The van der Waals surface area contributed by atoms with Crippen LogP contribution in [0.2, 0.25) is 0 Å². The van der Waals surface area contributed by atoms with E-state index in [0.717, 1.165) is 56.8 Å². The van der Waals surface area contributed by atoms with E-state index in [1.54, 1.807) is 7.05 Å². The number of hydrogen-bond donors (Lipinski definition) is 2. The van der Waals surface area contributed by atoms with Crippen molar-refractivity contribution < 1.29 is 4.74 Å². The van der Waals surface area contributed by atoms with E-state index >= 15 is 0 Å². The number of rotatable bonds is 7. The third-order valence-electron chi connectivity index (χ3n) is 3.79. The first-order valence-electron chi connectivity index (χ1n) is 8.28. The number of aliphatic imine (C=N–C) groups is 1. The first kappa shape index (κ1) is 20.1. The lowest BCUT2D eigenvalue weighted by Gasteiger charge is -2.12. The van der Waals surface area contributed by atoms with Gasteiger partial charge in [0, 0.05) is 39.8 Å². The Morgan fingerprint density at radius 3 is 2.91 bits per heavy atom. The number of hydrogen-bond acceptors (Lipinski definition) is 4. The van der Waals surface area contributed by atoms with E-state index < -0.39 is 0 Å². The molecule has 23 heavy (non-hydrogen) atoms. The monoisotopic (exact) mass is 436 g/mol. The average Bonchev–Trinajstić information content (AvgIpc) is 2.77. The second-order valence-electron chi connectivity index (χ2n) is 5.40. The molecule has 1 aliphatic heterocycles. The number of nitrogens with zero attached hydrogens (tertiary/aromatic N) is 4. The zero-order valence-electron chi connectivity index (χ0n) is 14.2. The Balaban J connectivity index is 0.00000264. The van der Waals surface area contributed by atoms with Crippen molar-refractivity contribution in [1.82, 2.24) is 25.4 Å². The van der Waals surface area contributed by atoms with Crippen LogP contribution in [0.1, 0.15) is 44.3 Å². The minimum atomic E-state index is 0. The van der Waals surface area contributed by atoms with Crippen molar-refractivity contribution in [1.29, 1.82) is 0 Å². The maximum atomic E-state index is 5.32. The van der Waals surface area contributed by atoms with Crippen LogP contribution >= 0.6 is 24.0 Å². The molecule has 0 saturated heterocycles. The van der Waals surface area contributed by atoms with Gasteiger partial charge in [0.2, 0.25) is 0 Å². The van der Waals surface area contributed by atoms with Crippen LogP contribution in [0.5, 0.6) is 0 Å². The molecule has 0 aromatic carbocycles. The van der Waals surface area contributed by atoms with E-state index in [9.17, 15) is 0 Å². The van der Waals surface area contributed by atoms with E-state index in [1.165, 1.54) is 19.3 Å². The summed E-state index contributed by atoms with van der Waals surface area (Å²) in [4.78, 5) is 4.23. The largest absolute Gasteiger partial charge is 0.382 e. The molecule has 2 heterocycles. The molecule has 0 fully saturated rings. The molecule has 0 atom stereocenters. The summed E-state index contributed by atoms with van der Waals surface area (Å²) < 4.78 is 7.57. The molecule has 132 valence electrons. The molecule has 0 unspecified atom stereocenters. The van der Waals surface area contributed by atoms with Crippen LogP contribution in [0.15, 0.2) is 4.99 Å². The van der Waals surface area contributed by atoms with Crippen LogP contribution in [0.25, 0.3) is 0 Å². The molecule has 1 aliphatic rings. The van der Waals surface area contributed by atoms with Gasteiger partial charge in [-0.3, -0.25) is 4.99 Å². The third kappa shape index (κ3) is 6.62. The highest BCUT2D eigenvalue weighted by molar-refractivity contribution is 14.0. The van der Waals surface area contributed by atoms with Gasteiger partial charge in [0.05, 0.1) is 6.54 Å². The van der Waals surface area contributed by atoms with E-state index in [2.05, 4.69) is 30.4 Å². The molecule has 8 heteroatoms. The predicted octanol–water partition coefficient (Wildman–Crippen LogP) is 1.71. The van der Waals surface area contributed by atoms with Gasteiger partial charge in [0.15, 0.2) is 11.8 Å². The molecule has 7 nitrogen and oxygen atoms in total. The van der Waals surface area contributed by atoms with Crippen molar-refractivity contribution in [3.05, 3.63) is 11.6 Å². The zero-order chi connectivity index (χ0) is 15.6. The van der Waals surface area contributed by atoms with Crippen LogP contribution in [0.3, 0.4) is 0 Å². The Labute approximate surface area is 155 Å². The fourth-order valence-corrected chi connectivity index (χ4v) is 2.58. The van der Waals surface area contributed by atoms with Gasteiger partial charge in [-0.15, -0.1) is 34.2 Å². The second kappa shape index (κ2) is 11.6. The predicted molar refractivity (Wildman–Crippen MR) is 102 cm³/mol. The van der Waals surface area contributed by atoms with Crippen molar-refractivity contribution in [2.45, 2.75) is 52.1 Å². The van der Waals surface area contributed by atoms with Gasteiger partial charge < -0.3 is 19.9 Å². The highest BCUT2D eigenvalue weighted by Crippen LogP contribution is 2.14. The van der Waals surface area contributed by atoms with Crippen molar-refractivity contribution >= 4 is 29.9 Å². The molecule has 1 aromatic rings. The van der Waals surface area contributed by atoms with E-state index in [4.69, 9.17) is 4.74 Å². The van der Waals surface area contributed by atoms with Gasteiger partial charge in [-0.2, -0.15) is 0 Å². The summed E-state index contributed by atoms with van der Waals surface area (Å²) in [6.07, 6.45) is 5.71. The SMILES string of the molecule is CCOCCCNC(=NC)NCc1nnc2n1CCCCC2.I. The summed E-state index contributed by atoms with van der Waals surface area (Å²) in [5.41, 5.74) is 0. The molecule has 2 N–H and O–H groups in total. The van der Waals surface area contributed by atoms with Gasteiger partial charge in [-0.25, -0.2) is 0 Å². The quantitative estimate of drug-likeness (QED) is 0.295. The van der Waals surface area contributed by atoms with E-state index in [0.29, 0.717) is 6.54 Å². The van der Waals surface area contributed by atoms with Gasteiger partial charge in [-0.05, 0) is 26.2 Å². The van der Waals surface area contributed by atoms with Gasteiger partial charge in [0.1, 0.15) is 5.82 Å². The molecule has 2 rings (SSSR count). The number of halogens is 1. The number of ether oxygens (including phenoxy) is 1. The molecule has 0 spiro atoms. The van der Waals surface area contributed by atoms with Crippen LogP contribution < -0.4 is 10.6 Å². The van der Waals surface area contributed by atoms with Crippen LogP contribution in [0, 0.1) is 0 Å². The summed E-state index contributed by atoms with van der Waals surface area (Å²) in [7, 11) is 1.78. The van der Waals surface area contributed by atoms with Crippen molar-refractivity contribution in [2.75, 3.05) is 26.8 Å². The second-order valence-corrected chi connectivity index (χ2v) is 5.40. The smallest absolute Gasteiger partial charge is 0.191 e. The highest BCUT2D eigenvalue weighted by Gasteiger charge is 2.14. The van der Waals surface area contributed by atoms with Crippen LogP contribution in [-0.4, -0.2) is 47.5 Å². The Kier molecular flexibility index (Phi) is 10.2. The summed E-state index contributed by atoms with van der Waals surface area (Å²) in [6.45, 7) is 6.08. The van der Waals surface area contributed by atoms with Gasteiger partial charge >= 0.3 is 0 Å². The summed E-state index contributed by atoms with van der Waals surface area (Å²) in [5.74, 6) is 2.91. The molecular formula is C15H29IN6O. The Hall–Kier alpha value is -0.900. The molecule has 1 aromatic heterocycles. The molecule has 0 bridgehead atoms. The maximum absolute atomic E-state index is 5.32. The standard InChI is InChI=1S/C15H28N6O.HI/c1-3-22-11-7-9-17-15(16-2)18-12-14-20-19-13-8-5-4-6-10-21(13)14;/h3-12H2,1-2H3,(H2,16,17,18);1H. The van der Waals surface area contributed by atoms with Crippen molar-refractivity contribution in [3.63, 3.8) is 0 Å². The number of nitrogens with one attached hydrogen (secondary N) is 2. The van der Waals surface area contributed by atoms with Crippen LogP contribution in [-0.2, 0) is 24.2 Å². The third-order valence-corrected chi connectivity index (χ3v) is 3.79. The van der Waals surface area contributed by atoms with Gasteiger partial charge in [0.25, 0.3) is 0 Å². The zero-order valence-corrected chi connectivity index (χ0v) is 16.5. The minimum absolute atomic E-state index is 0. The molecule has 0 radical (unpaired) electrons. The van der Waals surface area contributed by atoms with Crippen molar-refractivity contribution in [3.8, 4) is 0 Å². The average molecular weight is 436 g/mol. The topological polar surface area (TPSA) is 76.4 Å². The number of aryl methyl sites for hydroxylation is 1. The first-order chi connectivity index (χ1) is 10.8. The van der Waals surface area contributed by atoms with E-state index in [-0.39, 0.29) is 24.0 Å². The van der Waals surface area contributed by atoms with Crippen LogP contribution in [0.4, 0.5) is 0 Å². The first-order valence-corrected chi connectivity index (χ1v) is 8.28. The number of aromatic nitrogens is 3. The molecule has 0 saturated carbocycles. The lowest BCUT2D eigenvalue weighted by molar-refractivity contribution is 0.145. The molecule has 0 aliphatic carbocycles. The Bertz CT molecular complexity index is 477. The fraction of sp³-hybridized carbons (Fsp3) is 0.800. The molecule has 0 amide bonds. The summed E-state index contributed by atoms with van der Waals surface area (Å²) in [6, 6.07) is 0. The minimum Gasteiger partial charge on any atom is -0.382 e. The van der Waals surface area contributed by atoms with Gasteiger partial charge in [-0.1, -0.05) is 6.42 Å². The van der Waals surface area contributed by atoms with Crippen molar-refractivity contribution in [2.24, 2.45) is 4.99 Å². The summed E-state index contributed by atoms with van der Waals surface area (Å²) >= 11 is 0. The molecular weight excluding hydrogens is 407 g/mol. The highest BCUT2D eigenvalue weighted by atomic mass is 127.